The highest BCUT2D eigenvalue weighted by Gasteiger charge is 2.43. The standard InChI is InChI=1S/C26H27ClN2O5/c1-15(2)14-34-25(31)17-10-8-16(9-11-17)24-23-19(18-6-4-5-7-20(18)28-23)12-21(26(32)33-3)29(24)22(30)13-27/h4-11,15,21,24,28H,12-14H2,1-3H3/t21-,24+/m1/s1. The normalized spacial score (nSPS) is 17.5. The lowest BCUT2D eigenvalue weighted by Gasteiger charge is -2.40. The zero-order valence-corrected chi connectivity index (χ0v) is 20.1. The number of aromatic amines is 1. The van der Waals surface area contributed by atoms with E-state index >= 15 is 0 Å². The summed E-state index contributed by atoms with van der Waals surface area (Å²) < 4.78 is 10.4. The van der Waals surface area contributed by atoms with E-state index in [4.69, 9.17) is 21.1 Å². The number of nitrogens with one attached hydrogen (secondary N) is 1. The number of rotatable bonds is 6. The van der Waals surface area contributed by atoms with Gasteiger partial charge in [0.15, 0.2) is 0 Å². The Morgan fingerprint density at radius 1 is 1.12 bits per heavy atom. The maximum atomic E-state index is 13.0. The number of amides is 1. The minimum atomic E-state index is -0.830. The Morgan fingerprint density at radius 2 is 1.82 bits per heavy atom. The molecule has 0 radical (unpaired) electrons. The van der Waals surface area contributed by atoms with Gasteiger partial charge in [-0.15, -0.1) is 11.6 Å². The maximum Gasteiger partial charge on any atom is 0.338 e. The van der Waals surface area contributed by atoms with Gasteiger partial charge in [0.25, 0.3) is 0 Å². The first kappa shape index (κ1) is 23.8. The van der Waals surface area contributed by atoms with Crippen molar-refractivity contribution >= 4 is 40.3 Å². The minimum Gasteiger partial charge on any atom is -0.467 e. The fourth-order valence-electron chi connectivity index (χ4n) is 4.46. The molecule has 2 aromatic carbocycles. The van der Waals surface area contributed by atoms with Crippen LogP contribution in [0.1, 0.15) is 47.1 Å². The summed E-state index contributed by atoms with van der Waals surface area (Å²) in [5.74, 6) is -1.34. The lowest BCUT2D eigenvalue weighted by atomic mass is 9.87. The molecule has 2 atom stereocenters. The molecule has 1 aliphatic rings. The number of para-hydroxylation sites is 1. The lowest BCUT2D eigenvalue weighted by molar-refractivity contribution is -0.154. The van der Waals surface area contributed by atoms with E-state index in [9.17, 15) is 14.4 Å². The Bertz CT molecular complexity index is 1220. The van der Waals surface area contributed by atoms with Crippen molar-refractivity contribution in [1.29, 1.82) is 0 Å². The molecular formula is C26H27ClN2O5. The number of hydrogen-bond donors (Lipinski definition) is 1. The topological polar surface area (TPSA) is 88.7 Å². The SMILES string of the molecule is COC(=O)[C@H]1Cc2c([nH]c3ccccc23)[C@H](c2ccc(C(=O)OCC(C)C)cc2)N1C(=O)CCl. The average molecular weight is 483 g/mol. The van der Waals surface area contributed by atoms with E-state index in [0.29, 0.717) is 18.6 Å². The molecule has 2 heterocycles. The fourth-order valence-corrected chi connectivity index (χ4v) is 4.60. The number of aromatic nitrogens is 1. The van der Waals surface area contributed by atoms with Crippen LogP contribution in [-0.2, 0) is 25.5 Å². The Labute approximate surface area is 203 Å². The van der Waals surface area contributed by atoms with Gasteiger partial charge in [-0.25, -0.2) is 9.59 Å². The second-order valence-electron chi connectivity index (χ2n) is 8.76. The van der Waals surface area contributed by atoms with E-state index in [1.165, 1.54) is 12.0 Å². The van der Waals surface area contributed by atoms with E-state index in [0.717, 1.165) is 27.7 Å². The van der Waals surface area contributed by atoms with Crippen molar-refractivity contribution in [2.24, 2.45) is 5.92 Å². The molecule has 1 amide bonds. The van der Waals surface area contributed by atoms with Gasteiger partial charge < -0.3 is 19.4 Å². The Kier molecular flexibility index (Phi) is 6.93. The van der Waals surface area contributed by atoms with Gasteiger partial charge in [0.1, 0.15) is 11.9 Å². The number of fused-ring (bicyclic) bond motifs is 3. The highest BCUT2D eigenvalue weighted by molar-refractivity contribution is 6.27. The van der Waals surface area contributed by atoms with Gasteiger partial charge in [-0.2, -0.15) is 0 Å². The summed E-state index contributed by atoms with van der Waals surface area (Å²) in [6, 6.07) is 13.3. The molecule has 0 saturated carbocycles. The van der Waals surface area contributed by atoms with Crippen LogP contribution in [0.25, 0.3) is 10.9 Å². The molecule has 7 nitrogen and oxygen atoms in total. The summed E-state index contributed by atoms with van der Waals surface area (Å²) in [5.41, 5.74) is 3.83. The number of carbonyl (C=O) groups excluding carboxylic acids is 3. The molecule has 0 saturated heterocycles. The van der Waals surface area contributed by atoms with Gasteiger partial charge in [-0.05, 0) is 35.2 Å². The summed E-state index contributed by atoms with van der Waals surface area (Å²) >= 11 is 5.97. The van der Waals surface area contributed by atoms with Crippen LogP contribution in [0.4, 0.5) is 0 Å². The number of halogens is 1. The first-order chi connectivity index (χ1) is 16.3. The third-order valence-electron chi connectivity index (χ3n) is 6.02. The average Bonchev–Trinajstić information content (AvgIpc) is 3.23. The first-order valence-electron chi connectivity index (χ1n) is 11.2. The summed E-state index contributed by atoms with van der Waals surface area (Å²) in [5, 5.41) is 0.989. The third-order valence-corrected chi connectivity index (χ3v) is 6.25. The fraction of sp³-hybridized carbons (Fsp3) is 0.346. The van der Waals surface area contributed by atoms with Crippen molar-refractivity contribution in [3.8, 4) is 0 Å². The molecule has 3 aromatic rings. The molecule has 1 aliphatic heterocycles. The summed E-state index contributed by atoms with van der Waals surface area (Å²) in [6.07, 6.45) is 0.310. The van der Waals surface area contributed by atoms with E-state index < -0.39 is 24.0 Å². The van der Waals surface area contributed by atoms with Gasteiger partial charge in [0.05, 0.1) is 25.3 Å². The first-order valence-corrected chi connectivity index (χ1v) is 11.7. The molecular weight excluding hydrogens is 456 g/mol. The molecule has 0 aliphatic carbocycles. The van der Waals surface area contributed by atoms with Crippen molar-refractivity contribution in [2.75, 3.05) is 19.6 Å². The van der Waals surface area contributed by atoms with E-state index in [2.05, 4.69) is 4.98 Å². The van der Waals surface area contributed by atoms with Crippen molar-refractivity contribution in [2.45, 2.75) is 32.4 Å². The highest BCUT2D eigenvalue weighted by Crippen LogP contribution is 2.41. The zero-order valence-electron chi connectivity index (χ0n) is 19.3. The van der Waals surface area contributed by atoms with Crippen LogP contribution >= 0.6 is 11.6 Å². The van der Waals surface area contributed by atoms with Crippen molar-refractivity contribution in [1.82, 2.24) is 9.88 Å². The van der Waals surface area contributed by atoms with Crippen LogP contribution < -0.4 is 0 Å². The van der Waals surface area contributed by atoms with Crippen molar-refractivity contribution in [3.05, 3.63) is 70.9 Å². The van der Waals surface area contributed by atoms with E-state index in [-0.39, 0.29) is 17.7 Å². The number of methoxy groups -OCH3 is 1. The molecule has 0 fully saturated rings. The van der Waals surface area contributed by atoms with Crippen LogP contribution in [-0.4, -0.2) is 53.4 Å². The van der Waals surface area contributed by atoms with E-state index in [1.54, 1.807) is 24.3 Å². The summed E-state index contributed by atoms with van der Waals surface area (Å²) in [7, 11) is 1.31. The second-order valence-corrected chi connectivity index (χ2v) is 9.02. The molecule has 1 aromatic heterocycles. The summed E-state index contributed by atoms with van der Waals surface area (Å²) in [6.45, 7) is 4.27. The lowest BCUT2D eigenvalue weighted by Crippen LogP contribution is -2.52. The number of alkyl halides is 1. The predicted octanol–water partition coefficient (Wildman–Crippen LogP) is 4.24. The number of hydrogen-bond acceptors (Lipinski definition) is 5. The Hall–Kier alpha value is -3.32. The smallest absolute Gasteiger partial charge is 0.338 e. The van der Waals surface area contributed by atoms with Gasteiger partial charge >= 0.3 is 11.9 Å². The number of benzene rings is 2. The van der Waals surface area contributed by atoms with Gasteiger partial charge in [0, 0.05) is 23.0 Å². The number of nitrogens with zero attached hydrogens (tertiary/aromatic N) is 1. The van der Waals surface area contributed by atoms with Crippen LogP contribution in [0.2, 0.25) is 0 Å². The molecule has 0 spiro atoms. The number of ether oxygens (including phenoxy) is 2. The molecule has 0 unspecified atom stereocenters. The Balaban J connectivity index is 1.81. The predicted molar refractivity (Wildman–Crippen MR) is 129 cm³/mol. The minimum absolute atomic E-state index is 0.233. The zero-order chi connectivity index (χ0) is 24.4. The van der Waals surface area contributed by atoms with Crippen molar-refractivity contribution < 1.29 is 23.9 Å². The maximum absolute atomic E-state index is 13.0. The number of esters is 2. The van der Waals surface area contributed by atoms with Gasteiger partial charge in [0.2, 0.25) is 5.91 Å². The number of carbonyl (C=O) groups is 3. The molecule has 8 heteroatoms. The van der Waals surface area contributed by atoms with Crippen LogP contribution in [0.5, 0.6) is 0 Å². The van der Waals surface area contributed by atoms with E-state index in [1.807, 2.05) is 38.1 Å². The monoisotopic (exact) mass is 482 g/mol. The van der Waals surface area contributed by atoms with Gasteiger partial charge in [-0.3, -0.25) is 4.79 Å². The Morgan fingerprint density at radius 3 is 2.47 bits per heavy atom. The van der Waals surface area contributed by atoms with Crippen LogP contribution in [0.15, 0.2) is 48.5 Å². The number of H-pyrrole nitrogens is 1. The second kappa shape index (κ2) is 9.89. The summed E-state index contributed by atoms with van der Waals surface area (Å²) in [4.78, 5) is 43.1. The van der Waals surface area contributed by atoms with Crippen LogP contribution in [0, 0.1) is 5.92 Å². The highest BCUT2D eigenvalue weighted by atomic mass is 35.5. The molecule has 0 bridgehead atoms. The quantitative estimate of drug-likeness (QED) is 0.419. The van der Waals surface area contributed by atoms with Crippen molar-refractivity contribution in [3.63, 3.8) is 0 Å². The third kappa shape index (κ3) is 4.40. The van der Waals surface area contributed by atoms with Gasteiger partial charge in [-0.1, -0.05) is 44.2 Å². The largest absolute Gasteiger partial charge is 0.467 e. The molecule has 178 valence electrons. The molecule has 4 rings (SSSR count). The molecule has 34 heavy (non-hydrogen) atoms. The molecule has 1 N–H and O–H groups in total. The van der Waals surface area contributed by atoms with Crippen LogP contribution in [0.3, 0.4) is 0 Å².